The summed E-state index contributed by atoms with van der Waals surface area (Å²) in [6.07, 6.45) is 0. The smallest absolute Gasteiger partial charge is 0.142 e. The number of halogens is 3. The van der Waals surface area contributed by atoms with Crippen LogP contribution < -0.4 is 10.5 Å². The number of ether oxygens (including phenoxy) is 1. The second-order valence-corrected chi connectivity index (χ2v) is 7.56. The Labute approximate surface area is 175 Å². The molecule has 1 heterocycles. The van der Waals surface area contributed by atoms with Crippen molar-refractivity contribution in [3.63, 3.8) is 0 Å². The van der Waals surface area contributed by atoms with E-state index in [2.05, 4.69) is 27.0 Å². The summed E-state index contributed by atoms with van der Waals surface area (Å²) in [6, 6.07) is 12.9. The van der Waals surface area contributed by atoms with E-state index in [0.29, 0.717) is 32.6 Å². The fourth-order valence-corrected chi connectivity index (χ4v) is 3.82. The number of hydrogen-bond acceptors (Lipinski definition) is 4. The summed E-state index contributed by atoms with van der Waals surface area (Å²) in [5.74, 6) is 0.748. The molecule has 4 nitrogen and oxygen atoms in total. The van der Waals surface area contributed by atoms with Crippen molar-refractivity contribution in [3.8, 4) is 34.2 Å². The SMILES string of the molecule is COc1ccc(Br)cc1-c1c(C)c(-c2ccc(Cl)cc2Cl)nc(N)c1C#N. The lowest BCUT2D eigenvalue weighted by Gasteiger charge is -2.18. The Balaban J connectivity index is 2.40. The van der Waals surface area contributed by atoms with Gasteiger partial charge in [-0.1, -0.05) is 39.1 Å². The van der Waals surface area contributed by atoms with Gasteiger partial charge < -0.3 is 10.5 Å². The Morgan fingerprint density at radius 2 is 1.89 bits per heavy atom. The average molecular weight is 463 g/mol. The number of nitrogens with two attached hydrogens (primary N) is 1. The number of anilines is 1. The molecule has 0 spiro atoms. The van der Waals surface area contributed by atoms with Crippen molar-refractivity contribution in [3.05, 3.63) is 62.0 Å². The molecule has 1 aromatic heterocycles. The fraction of sp³-hybridized carbons (Fsp3) is 0.100. The van der Waals surface area contributed by atoms with E-state index in [0.717, 1.165) is 15.6 Å². The third kappa shape index (κ3) is 3.61. The highest BCUT2D eigenvalue weighted by atomic mass is 79.9. The van der Waals surface area contributed by atoms with Gasteiger partial charge in [0.05, 0.1) is 17.8 Å². The largest absolute Gasteiger partial charge is 0.496 e. The molecule has 0 amide bonds. The Hall–Kier alpha value is -2.26. The van der Waals surface area contributed by atoms with Crippen LogP contribution in [0.5, 0.6) is 5.75 Å². The third-order valence-corrected chi connectivity index (χ3v) is 5.24. The topological polar surface area (TPSA) is 71.9 Å². The molecule has 0 aliphatic carbocycles. The zero-order valence-corrected chi connectivity index (χ0v) is 17.6. The normalized spacial score (nSPS) is 10.5. The minimum absolute atomic E-state index is 0.126. The van der Waals surface area contributed by atoms with E-state index in [4.69, 9.17) is 33.7 Å². The van der Waals surface area contributed by atoms with Crippen LogP contribution in [-0.2, 0) is 0 Å². The lowest BCUT2D eigenvalue weighted by Crippen LogP contribution is -2.04. The summed E-state index contributed by atoms with van der Waals surface area (Å²) in [6.45, 7) is 1.88. The Bertz CT molecular complexity index is 1090. The van der Waals surface area contributed by atoms with Crippen LogP contribution in [-0.4, -0.2) is 12.1 Å². The first-order valence-corrected chi connectivity index (χ1v) is 9.41. The quantitative estimate of drug-likeness (QED) is 0.498. The van der Waals surface area contributed by atoms with Crippen molar-refractivity contribution >= 4 is 44.9 Å². The van der Waals surface area contributed by atoms with Crippen LogP contribution in [0.1, 0.15) is 11.1 Å². The molecule has 0 aliphatic rings. The van der Waals surface area contributed by atoms with Crippen molar-refractivity contribution in [2.24, 2.45) is 0 Å². The lowest BCUT2D eigenvalue weighted by atomic mass is 9.92. The molecule has 2 N–H and O–H groups in total. The summed E-state index contributed by atoms with van der Waals surface area (Å²) in [5.41, 5.74) is 9.85. The highest BCUT2D eigenvalue weighted by Gasteiger charge is 2.22. The number of nitriles is 1. The molecule has 0 unspecified atom stereocenters. The van der Waals surface area contributed by atoms with Gasteiger partial charge in [-0.3, -0.25) is 0 Å². The summed E-state index contributed by atoms with van der Waals surface area (Å²) in [7, 11) is 1.58. The molecule has 0 radical (unpaired) electrons. The van der Waals surface area contributed by atoms with Gasteiger partial charge >= 0.3 is 0 Å². The molecule has 0 aliphatic heterocycles. The first-order chi connectivity index (χ1) is 12.9. The predicted octanol–water partition coefficient (Wildman–Crippen LogP) is 6.26. The van der Waals surface area contributed by atoms with E-state index in [-0.39, 0.29) is 11.4 Å². The first kappa shape index (κ1) is 19.5. The lowest BCUT2D eigenvalue weighted by molar-refractivity contribution is 0.416. The summed E-state index contributed by atoms with van der Waals surface area (Å²) >= 11 is 15.9. The summed E-state index contributed by atoms with van der Waals surface area (Å²) in [4.78, 5) is 4.44. The second-order valence-electron chi connectivity index (χ2n) is 5.80. The van der Waals surface area contributed by atoms with Gasteiger partial charge in [0.2, 0.25) is 0 Å². The number of methoxy groups -OCH3 is 1. The highest BCUT2D eigenvalue weighted by Crippen LogP contribution is 2.42. The van der Waals surface area contributed by atoms with Crippen LogP contribution in [0, 0.1) is 18.3 Å². The fourth-order valence-electron chi connectivity index (χ4n) is 2.96. The van der Waals surface area contributed by atoms with Crippen LogP contribution in [0.4, 0.5) is 5.82 Å². The second kappa shape index (κ2) is 7.77. The van der Waals surface area contributed by atoms with Crippen molar-refractivity contribution in [1.82, 2.24) is 4.98 Å². The van der Waals surface area contributed by atoms with Gasteiger partial charge in [-0.05, 0) is 48.9 Å². The molecule has 0 fully saturated rings. The average Bonchev–Trinajstić information content (AvgIpc) is 2.63. The zero-order valence-electron chi connectivity index (χ0n) is 14.5. The molecular weight excluding hydrogens is 449 g/mol. The maximum Gasteiger partial charge on any atom is 0.142 e. The maximum absolute atomic E-state index is 9.70. The zero-order chi connectivity index (χ0) is 19.7. The number of benzene rings is 2. The molecule has 7 heteroatoms. The number of pyridine rings is 1. The van der Waals surface area contributed by atoms with Crippen LogP contribution in [0.15, 0.2) is 40.9 Å². The summed E-state index contributed by atoms with van der Waals surface area (Å²) < 4.78 is 6.35. The van der Waals surface area contributed by atoms with Crippen LogP contribution in [0.25, 0.3) is 22.4 Å². The maximum atomic E-state index is 9.70. The Kier molecular flexibility index (Phi) is 5.61. The van der Waals surface area contributed by atoms with Crippen LogP contribution in [0.2, 0.25) is 10.0 Å². The number of aromatic nitrogens is 1. The van der Waals surface area contributed by atoms with Crippen molar-refractivity contribution in [2.45, 2.75) is 6.92 Å². The summed E-state index contributed by atoms with van der Waals surface area (Å²) in [5, 5.41) is 10.7. The van der Waals surface area contributed by atoms with E-state index in [9.17, 15) is 5.26 Å². The minimum atomic E-state index is 0.126. The van der Waals surface area contributed by atoms with Gasteiger partial charge in [0.15, 0.2) is 0 Å². The highest BCUT2D eigenvalue weighted by molar-refractivity contribution is 9.10. The molecule has 2 aromatic carbocycles. The van der Waals surface area contributed by atoms with E-state index < -0.39 is 0 Å². The molecule has 27 heavy (non-hydrogen) atoms. The van der Waals surface area contributed by atoms with Crippen LogP contribution in [0.3, 0.4) is 0 Å². The van der Waals surface area contributed by atoms with Crippen LogP contribution >= 0.6 is 39.1 Å². The standard InChI is InChI=1S/C20H14BrCl2N3O/c1-10-18(14-7-11(21)3-6-17(14)27-2)15(9-24)20(25)26-19(10)13-5-4-12(22)8-16(13)23/h3-8H,1-2H3,(H2,25,26). The Morgan fingerprint density at radius 3 is 2.52 bits per heavy atom. The molecule has 0 saturated carbocycles. The van der Waals surface area contributed by atoms with E-state index in [1.807, 2.05) is 25.1 Å². The number of nitrogens with zero attached hydrogens (tertiary/aromatic N) is 2. The van der Waals surface area contributed by atoms with Gasteiger partial charge in [0, 0.05) is 26.2 Å². The molecule has 0 bridgehead atoms. The molecule has 0 atom stereocenters. The van der Waals surface area contributed by atoms with Gasteiger partial charge in [-0.25, -0.2) is 4.98 Å². The predicted molar refractivity (Wildman–Crippen MR) is 113 cm³/mol. The van der Waals surface area contributed by atoms with E-state index in [1.54, 1.807) is 25.3 Å². The monoisotopic (exact) mass is 461 g/mol. The van der Waals surface area contributed by atoms with Gasteiger partial charge in [0.1, 0.15) is 23.2 Å². The molecule has 3 rings (SSSR count). The molecule has 0 saturated heterocycles. The number of rotatable bonds is 3. The first-order valence-electron chi connectivity index (χ1n) is 7.86. The van der Waals surface area contributed by atoms with Gasteiger partial charge in [-0.15, -0.1) is 0 Å². The van der Waals surface area contributed by atoms with E-state index >= 15 is 0 Å². The molecule has 3 aromatic rings. The van der Waals surface area contributed by atoms with Crippen molar-refractivity contribution in [1.29, 1.82) is 5.26 Å². The molecule has 136 valence electrons. The van der Waals surface area contributed by atoms with Crippen molar-refractivity contribution in [2.75, 3.05) is 12.8 Å². The number of nitrogen functional groups attached to an aromatic ring is 1. The molecular formula is C20H14BrCl2N3O. The van der Waals surface area contributed by atoms with Gasteiger partial charge in [0.25, 0.3) is 0 Å². The van der Waals surface area contributed by atoms with Crippen molar-refractivity contribution < 1.29 is 4.74 Å². The third-order valence-electron chi connectivity index (χ3n) is 4.20. The Morgan fingerprint density at radius 1 is 1.15 bits per heavy atom. The minimum Gasteiger partial charge on any atom is -0.496 e. The van der Waals surface area contributed by atoms with E-state index in [1.165, 1.54) is 0 Å². The number of hydrogen-bond donors (Lipinski definition) is 1. The van der Waals surface area contributed by atoms with Gasteiger partial charge in [-0.2, -0.15) is 5.26 Å².